The molecule has 0 unspecified atom stereocenters. The molecule has 0 spiro atoms. The number of nitrogens with one attached hydrogen (secondary N) is 1. The van der Waals surface area contributed by atoms with Crippen molar-refractivity contribution in [3.8, 4) is 0 Å². The summed E-state index contributed by atoms with van der Waals surface area (Å²) >= 11 is 0. The molecular formula is C10H17N3. The summed E-state index contributed by atoms with van der Waals surface area (Å²) in [6.07, 6.45) is 6.30. The molecule has 0 amide bonds. The van der Waals surface area contributed by atoms with Crippen molar-refractivity contribution in [3.63, 3.8) is 0 Å². The lowest BCUT2D eigenvalue weighted by molar-refractivity contribution is 0.600. The standard InChI is InChI=1S/C10H17N3/c1-8-7-13(10(11-2)12-8)6-5-9-3-4-9/h7,9H,3-6H2,1-2H3,(H,11,12). The number of rotatable bonds is 4. The van der Waals surface area contributed by atoms with Crippen LogP contribution in [-0.4, -0.2) is 16.6 Å². The molecule has 1 aromatic rings. The van der Waals surface area contributed by atoms with Crippen LogP contribution in [-0.2, 0) is 6.54 Å². The Labute approximate surface area is 79.2 Å². The summed E-state index contributed by atoms with van der Waals surface area (Å²) in [6, 6.07) is 0. The monoisotopic (exact) mass is 179 g/mol. The van der Waals surface area contributed by atoms with Crippen molar-refractivity contribution in [2.24, 2.45) is 5.92 Å². The van der Waals surface area contributed by atoms with Gasteiger partial charge in [-0.15, -0.1) is 0 Å². The molecule has 3 heteroatoms. The third-order valence-corrected chi connectivity index (χ3v) is 2.60. The van der Waals surface area contributed by atoms with E-state index in [1.807, 2.05) is 14.0 Å². The first-order chi connectivity index (χ1) is 6.29. The minimum Gasteiger partial charge on any atom is -0.359 e. The smallest absolute Gasteiger partial charge is 0.202 e. The number of nitrogens with zero attached hydrogens (tertiary/aromatic N) is 2. The maximum Gasteiger partial charge on any atom is 0.202 e. The van der Waals surface area contributed by atoms with Gasteiger partial charge in [0.1, 0.15) is 0 Å². The van der Waals surface area contributed by atoms with Crippen LogP contribution < -0.4 is 5.32 Å². The quantitative estimate of drug-likeness (QED) is 0.766. The van der Waals surface area contributed by atoms with E-state index < -0.39 is 0 Å². The molecule has 0 saturated heterocycles. The van der Waals surface area contributed by atoms with Crippen molar-refractivity contribution < 1.29 is 0 Å². The first-order valence-corrected chi connectivity index (χ1v) is 5.01. The van der Waals surface area contributed by atoms with Crippen molar-refractivity contribution in [1.29, 1.82) is 0 Å². The van der Waals surface area contributed by atoms with Crippen LogP contribution in [0.25, 0.3) is 0 Å². The second-order valence-electron chi connectivity index (χ2n) is 3.88. The Morgan fingerprint density at radius 2 is 2.38 bits per heavy atom. The SMILES string of the molecule is CNc1nc(C)cn1CCC1CC1. The van der Waals surface area contributed by atoms with Crippen molar-refractivity contribution in [2.75, 3.05) is 12.4 Å². The average Bonchev–Trinajstić information content (AvgIpc) is 2.87. The molecule has 0 radical (unpaired) electrons. The zero-order valence-electron chi connectivity index (χ0n) is 8.38. The molecule has 1 aliphatic rings. The van der Waals surface area contributed by atoms with Gasteiger partial charge >= 0.3 is 0 Å². The van der Waals surface area contributed by atoms with E-state index in [-0.39, 0.29) is 0 Å². The van der Waals surface area contributed by atoms with E-state index in [1.165, 1.54) is 19.3 Å². The van der Waals surface area contributed by atoms with E-state index in [2.05, 4.69) is 21.1 Å². The van der Waals surface area contributed by atoms with Crippen molar-refractivity contribution in [3.05, 3.63) is 11.9 Å². The minimum absolute atomic E-state index is 0.993. The maximum atomic E-state index is 4.38. The molecule has 0 aromatic carbocycles. The van der Waals surface area contributed by atoms with E-state index in [4.69, 9.17) is 0 Å². The highest BCUT2D eigenvalue weighted by Gasteiger charge is 2.21. The lowest BCUT2D eigenvalue weighted by Crippen LogP contribution is -2.03. The predicted molar refractivity (Wildman–Crippen MR) is 53.9 cm³/mol. The van der Waals surface area contributed by atoms with Gasteiger partial charge in [-0.3, -0.25) is 0 Å². The van der Waals surface area contributed by atoms with E-state index in [0.717, 1.165) is 24.1 Å². The van der Waals surface area contributed by atoms with E-state index in [0.29, 0.717) is 0 Å². The summed E-state index contributed by atoms with van der Waals surface area (Å²) < 4.78 is 2.22. The Kier molecular flexibility index (Phi) is 2.25. The van der Waals surface area contributed by atoms with Gasteiger partial charge in [0.15, 0.2) is 0 Å². The molecule has 1 aromatic heterocycles. The summed E-state index contributed by atoms with van der Waals surface area (Å²) in [7, 11) is 1.93. The summed E-state index contributed by atoms with van der Waals surface area (Å²) in [5.41, 5.74) is 1.10. The average molecular weight is 179 g/mol. The predicted octanol–water partition coefficient (Wildman–Crippen LogP) is 2.03. The van der Waals surface area contributed by atoms with Gasteiger partial charge < -0.3 is 9.88 Å². The third-order valence-electron chi connectivity index (χ3n) is 2.60. The minimum atomic E-state index is 0.993. The summed E-state index contributed by atoms with van der Waals surface area (Å²) in [6.45, 7) is 3.15. The van der Waals surface area contributed by atoms with Gasteiger partial charge in [0.05, 0.1) is 5.69 Å². The Balaban J connectivity index is 1.99. The van der Waals surface area contributed by atoms with Gasteiger partial charge in [-0.2, -0.15) is 0 Å². The number of imidazole rings is 1. The van der Waals surface area contributed by atoms with Crippen molar-refractivity contribution >= 4 is 5.95 Å². The Bertz CT molecular complexity index is 286. The van der Waals surface area contributed by atoms with Crippen LogP contribution in [0.1, 0.15) is 25.0 Å². The summed E-state index contributed by atoms with van der Waals surface area (Å²) in [5, 5.41) is 3.11. The van der Waals surface area contributed by atoms with Crippen molar-refractivity contribution in [2.45, 2.75) is 32.7 Å². The molecule has 1 N–H and O–H groups in total. The number of hydrogen-bond acceptors (Lipinski definition) is 2. The second-order valence-corrected chi connectivity index (χ2v) is 3.88. The maximum absolute atomic E-state index is 4.38. The fourth-order valence-corrected chi connectivity index (χ4v) is 1.64. The van der Waals surface area contributed by atoms with Crippen molar-refractivity contribution in [1.82, 2.24) is 9.55 Å². The van der Waals surface area contributed by atoms with Gasteiger partial charge in [0.25, 0.3) is 0 Å². The molecule has 1 fully saturated rings. The highest BCUT2D eigenvalue weighted by molar-refractivity contribution is 5.27. The fourth-order valence-electron chi connectivity index (χ4n) is 1.64. The molecular weight excluding hydrogens is 162 g/mol. The molecule has 2 rings (SSSR count). The largest absolute Gasteiger partial charge is 0.359 e. The molecule has 0 aliphatic heterocycles. The van der Waals surface area contributed by atoms with Crippen LogP contribution in [0.4, 0.5) is 5.95 Å². The van der Waals surface area contributed by atoms with Crippen LogP contribution in [0.15, 0.2) is 6.20 Å². The zero-order chi connectivity index (χ0) is 9.26. The van der Waals surface area contributed by atoms with Gasteiger partial charge in [-0.05, 0) is 19.3 Å². The van der Waals surface area contributed by atoms with Gasteiger partial charge in [-0.25, -0.2) is 4.98 Å². The first kappa shape index (κ1) is 8.60. The van der Waals surface area contributed by atoms with E-state index >= 15 is 0 Å². The highest BCUT2D eigenvalue weighted by Crippen LogP contribution is 2.33. The van der Waals surface area contributed by atoms with E-state index in [9.17, 15) is 0 Å². The topological polar surface area (TPSA) is 29.9 Å². The molecule has 72 valence electrons. The first-order valence-electron chi connectivity index (χ1n) is 5.01. The van der Waals surface area contributed by atoms with Crippen LogP contribution in [0.5, 0.6) is 0 Å². The molecule has 1 heterocycles. The molecule has 1 saturated carbocycles. The number of aryl methyl sites for hydroxylation is 2. The second kappa shape index (κ2) is 3.40. The summed E-state index contributed by atoms with van der Waals surface area (Å²) in [5.74, 6) is 1.99. The van der Waals surface area contributed by atoms with Crippen LogP contribution in [0.2, 0.25) is 0 Å². The number of aromatic nitrogens is 2. The molecule has 0 atom stereocenters. The lowest BCUT2D eigenvalue weighted by atomic mass is 10.3. The van der Waals surface area contributed by atoms with E-state index in [1.54, 1.807) is 0 Å². The molecule has 1 aliphatic carbocycles. The lowest BCUT2D eigenvalue weighted by Gasteiger charge is -2.05. The van der Waals surface area contributed by atoms with Gasteiger partial charge in [-0.1, -0.05) is 12.8 Å². The highest BCUT2D eigenvalue weighted by atomic mass is 15.2. The molecule has 0 bridgehead atoms. The van der Waals surface area contributed by atoms with Gasteiger partial charge in [0.2, 0.25) is 5.95 Å². The Morgan fingerprint density at radius 3 is 3.00 bits per heavy atom. The van der Waals surface area contributed by atoms with Gasteiger partial charge in [0, 0.05) is 19.8 Å². The zero-order valence-corrected chi connectivity index (χ0v) is 8.38. The van der Waals surface area contributed by atoms with Crippen LogP contribution in [0.3, 0.4) is 0 Å². The third kappa shape index (κ3) is 2.02. The van der Waals surface area contributed by atoms with Crippen LogP contribution >= 0.6 is 0 Å². The molecule has 13 heavy (non-hydrogen) atoms. The Morgan fingerprint density at radius 1 is 1.62 bits per heavy atom. The number of anilines is 1. The summed E-state index contributed by atoms with van der Waals surface area (Å²) in [4.78, 5) is 4.38. The molecule has 3 nitrogen and oxygen atoms in total. The fraction of sp³-hybridized carbons (Fsp3) is 0.700. The number of hydrogen-bond donors (Lipinski definition) is 1. The Hall–Kier alpha value is -0.990. The normalized spacial score (nSPS) is 16.2. The van der Waals surface area contributed by atoms with Crippen LogP contribution in [0, 0.1) is 12.8 Å².